The summed E-state index contributed by atoms with van der Waals surface area (Å²) in [5.41, 5.74) is 8.27. The average molecular weight is 501 g/mol. The van der Waals surface area contributed by atoms with Gasteiger partial charge < -0.3 is 25.4 Å². The SMILES string of the molecule is C[C@@H]1COCCN1CC#Cc1nccc(N2CCCN(c3cc(-c4ccccc4O)nnc3N)CC2)n1. The van der Waals surface area contributed by atoms with E-state index in [4.69, 9.17) is 15.5 Å². The van der Waals surface area contributed by atoms with Gasteiger partial charge in [0.25, 0.3) is 0 Å². The first-order valence-electron chi connectivity index (χ1n) is 12.6. The maximum Gasteiger partial charge on any atom is 0.206 e. The van der Waals surface area contributed by atoms with Crippen LogP contribution in [0.25, 0.3) is 11.3 Å². The van der Waals surface area contributed by atoms with Gasteiger partial charge in [-0.05, 0) is 43.5 Å². The topological polar surface area (TPSA) is 117 Å². The second-order valence-corrected chi connectivity index (χ2v) is 9.28. The van der Waals surface area contributed by atoms with E-state index in [2.05, 4.69) is 48.6 Å². The summed E-state index contributed by atoms with van der Waals surface area (Å²) in [4.78, 5) is 15.9. The summed E-state index contributed by atoms with van der Waals surface area (Å²) in [5.74, 6) is 8.31. The maximum absolute atomic E-state index is 10.2. The summed E-state index contributed by atoms with van der Waals surface area (Å²) in [6, 6.07) is 11.3. The molecular formula is C27H32N8O2. The van der Waals surface area contributed by atoms with Crippen LogP contribution in [0.15, 0.2) is 42.6 Å². The Kier molecular flexibility index (Phi) is 7.63. The van der Waals surface area contributed by atoms with Crippen LogP contribution in [0.5, 0.6) is 5.75 Å². The molecule has 5 rings (SSSR count). The Morgan fingerprint density at radius 2 is 1.92 bits per heavy atom. The maximum atomic E-state index is 10.2. The Hall–Kier alpha value is -3.94. The van der Waals surface area contributed by atoms with Crippen LogP contribution in [-0.2, 0) is 4.74 Å². The Morgan fingerprint density at radius 3 is 2.78 bits per heavy atom. The number of benzene rings is 1. The number of nitrogens with two attached hydrogens (primary N) is 1. The Balaban J connectivity index is 1.26. The first-order valence-corrected chi connectivity index (χ1v) is 12.6. The summed E-state index contributed by atoms with van der Waals surface area (Å²) in [6.07, 6.45) is 2.70. The highest BCUT2D eigenvalue weighted by molar-refractivity contribution is 5.74. The number of phenols is 1. The number of aromatic hydroxyl groups is 1. The third kappa shape index (κ3) is 5.90. The highest BCUT2D eigenvalue weighted by Crippen LogP contribution is 2.31. The summed E-state index contributed by atoms with van der Waals surface area (Å²) in [6.45, 7) is 8.42. The van der Waals surface area contributed by atoms with Crippen LogP contribution in [0.4, 0.5) is 17.3 Å². The molecule has 2 saturated heterocycles. The van der Waals surface area contributed by atoms with Crippen LogP contribution in [0.3, 0.4) is 0 Å². The van der Waals surface area contributed by atoms with Gasteiger partial charge in [-0.3, -0.25) is 4.90 Å². The van der Waals surface area contributed by atoms with E-state index in [-0.39, 0.29) is 5.75 Å². The molecular weight excluding hydrogens is 468 g/mol. The van der Waals surface area contributed by atoms with E-state index in [0.717, 1.165) is 63.9 Å². The largest absolute Gasteiger partial charge is 0.507 e. The first-order chi connectivity index (χ1) is 18.1. The van der Waals surface area contributed by atoms with Crippen molar-refractivity contribution in [2.75, 3.05) is 68.0 Å². The highest BCUT2D eigenvalue weighted by atomic mass is 16.5. The predicted octanol–water partition coefficient (Wildman–Crippen LogP) is 2.01. The minimum atomic E-state index is 0.164. The molecule has 0 saturated carbocycles. The smallest absolute Gasteiger partial charge is 0.206 e. The molecule has 1 atom stereocenters. The minimum Gasteiger partial charge on any atom is -0.507 e. The number of nitrogens with zero attached hydrogens (tertiary/aromatic N) is 7. The Morgan fingerprint density at radius 1 is 1.08 bits per heavy atom. The third-order valence-corrected chi connectivity index (χ3v) is 6.77. The molecule has 3 N–H and O–H groups in total. The molecule has 0 unspecified atom stereocenters. The van der Waals surface area contributed by atoms with E-state index < -0.39 is 0 Å². The zero-order valence-corrected chi connectivity index (χ0v) is 21.0. The molecule has 10 heteroatoms. The molecule has 2 aromatic heterocycles. The molecule has 0 amide bonds. The molecule has 3 aromatic rings. The number of nitrogen functional groups attached to an aromatic ring is 1. The van der Waals surface area contributed by atoms with Crippen molar-refractivity contribution >= 4 is 17.3 Å². The van der Waals surface area contributed by atoms with E-state index in [1.54, 1.807) is 18.3 Å². The van der Waals surface area contributed by atoms with Crippen molar-refractivity contribution in [3.63, 3.8) is 0 Å². The monoisotopic (exact) mass is 500 g/mol. The van der Waals surface area contributed by atoms with E-state index in [9.17, 15) is 5.11 Å². The van der Waals surface area contributed by atoms with Gasteiger partial charge in [0, 0.05) is 50.5 Å². The number of aromatic nitrogens is 4. The van der Waals surface area contributed by atoms with Crippen LogP contribution in [-0.4, -0.2) is 88.7 Å². The molecule has 0 aliphatic carbocycles. The number of hydrogen-bond acceptors (Lipinski definition) is 10. The minimum absolute atomic E-state index is 0.164. The normalized spacial score (nSPS) is 18.7. The number of para-hydroxylation sites is 1. The fourth-order valence-corrected chi connectivity index (χ4v) is 4.66. The molecule has 192 valence electrons. The van der Waals surface area contributed by atoms with Gasteiger partial charge >= 0.3 is 0 Å². The molecule has 37 heavy (non-hydrogen) atoms. The molecule has 0 spiro atoms. The van der Waals surface area contributed by atoms with Crippen molar-refractivity contribution in [3.05, 3.63) is 48.4 Å². The van der Waals surface area contributed by atoms with Crippen molar-refractivity contribution in [3.8, 4) is 28.8 Å². The van der Waals surface area contributed by atoms with Crippen molar-refractivity contribution < 1.29 is 9.84 Å². The Bertz CT molecular complexity index is 1290. The number of ether oxygens (including phenoxy) is 1. The summed E-state index contributed by atoms with van der Waals surface area (Å²) >= 11 is 0. The molecule has 0 bridgehead atoms. The lowest BCUT2D eigenvalue weighted by molar-refractivity contribution is 0.00654. The molecule has 2 fully saturated rings. The van der Waals surface area contributed by atoms with Crippen molar-refractivity contribution in [2.45, 2.75) is 19.4 Å². The average Bonchev–Trinajstić information content (AvgIpc) is 3.17. The fraction of sp³-hybridized carbons (Fsp3) is 0.407. The van der Waals surface area contributed by atoms with Crippen LogP contribution >= 0.6 is 0 Å². The number of anilines is 3. The van der Waals surface area contributed by atoms with Gasteiger partial charge in [-0.1, -0.05) is 18.1 Å². The number of rotatable bonds is 4. The van der Waals surface area contributed by atoms with E-state index >= 15 is 0 Å². The molecule has 2 aliphatic heterocycles. The van der Waals surface area contributed by atoms with Gasteiger partial charge in [0.05, 0.1) is 31.1 Å². The standard InChI is InChI=1S/C27H32N8O2/c1-20-19-37-17-16-33(20)11-4-8-25-29-10-9-26(30-25)35-13-5-12-34(14-15-35)23-18-22(31-32-27(23)28)21-6-2-3-7-24(21)36/h2-3,6-7,9-10,18,20,36H,5,11-17,19H2,1H3,(H2,28,32)/t20-/m1/s1. The summed E-state index contributed by atoms with van der Waals surface area (Å²) in [7, 11) is 0. The van der Waals surface area contributed by atoms with Crippen LogP contribution < -0.4 is 15.5 Å². The zero-order chi connectivity index (χ0) is 25.6. The van der Waals surface area contributed by atoms with Crippen molar-refractivity contribution in [2.24, 2.45) is 0 Å². The van der Waals surface area contributed by atoms with Gasteiger partial charge in [-0.25, -0.2) is 9.97 Å². The van der Waals surface area contributed by atoms with Crippen LogP contribution in [0, 0.1) is 11.8 Å². The number of hydrogen-bond donors (Lipinski definition) is 2. The van der Waals surface area contributed by atoms with Gasteiger partial charge in [0.1, 0.15) is 11.6 Å². The second-order valence-electron chi connectivity index (χ2n) is 9.28. The second kappa shape index (κ2) is 11.4. The van der Waals surface area contributed by atoms with Crippen LogP contribution in [0.1, 0.15) is 19.2 Å². The zero-order valence-electron chi connectivity index (χ0n) is 21.0. The first kappa shape index (κ1) is 24.7. The molecule has 4 heterocycles. The summed E-state index contributed by atoms with van der Waals surface area (Å²) in [5, 5.41) is 18.6. The van der Waals surface area contributed by atoms with Crippen molar-refractivity contribution in [1.29, 1.82) is 0 Å². The predicted molar refractivity (Wildman–Crippen MR) is 143 cm³/mol. The highest BCUT2D eigenvalue weighted by Gasteiger charge is 2.21. The van der Waals surface area contributed by atoms with Crippen molar-refractivity contribution in [1.82, 2.24) is 25.1 Å². The van der Waals surface area contributed by atoms with Gasteiger partial charge in [0.15, 0.2) is 5.82 Å². The summed E-state index contributed by atoms with van der Waals surface area (Å²) < 4.78 is 5.50. The van der Waals surface area contributed by atoms with E-state index in [1.807, 2.05) is 24.3 Å². The quantitative estimate of drug-likeness (QED) is 0.515. The van der Waals surface area contributed by atoms with Gasteiger partial charge in [0.2, 0.25) is 5.82 Å². The van der Waals surface area contributed by atoms with E-state index in [1.165, 1.54) is 0 Å². The van der Waals surface area contributed by atoms with Crippen LogP contribution in [0.2, 0.25) is 0 Å². The lowest BCUT2D eigenvalue weighted by Crippen LogP contribution is -2.43. The van der Waals surface area contributed by atoms with E-state index in [0.29, 0.717) is 35.5 Å². The molecule has 2 aliphatic rings. The Labute approximate surface area is 217 Å². The molecule has 0 radical (unpaired) electrons. The van der Waals surface area contributed by atoms with Gasteiger partial charge in [-0.15, -0.1) is 10.2 Å². The van der Waals surface area contributed by atoms with Gasteiger partial charge in [-0.2, -0.15) is 0 Å². The molecule has 10 nitrogen and oxygen atoms in total. The fourth-order valence-electron chi connectivity index (χ4n) is 4.66. The number of phenolic OH excluding ortho intramolecular Hbond substituents is 1. The third-order valence-electron chi connectivity index (χ3n) is 6.77. The lowest BCUT2D eigenvalue weighted by atomic mass is 10.1. The molecule has 1 aromatic carbocycles. The lowest BCUT2D eigenvalue weighted by Gasteiger charge is -2.31. The number of morpholine rings is 1.